The van der Waals surface area contributed by atoms with E-state index in [-0.39, 0.29) is 46.7 Å². The number of carbonyl (C=O) groups is 2. The van der Waals surface area contributed by atoms with Crippen LogP contribution < -0.4 is 15.4 Å². The lowest BCUT2D eigenvalue weighted by molar-refractivity contribution is -0.124. The van der Waals surface area contributed by atoms with Crippen LogP contribution in [0.5, 0.6) is 5.75 Å². The average molecular weight is 453 g/mol. The molecule has 2 amide bonds. The summed E-state index contributed by atoms with van der Waals surface area (Å²) in [6.45, 7) is -0.264. The summed E-state index contributed by atoms with van der Waals surface area (Å²) < 4.78 is 44.1. The van der Waals surface area contributed by atoms with Crippen LogP contribution in [0.2, 0.25) is 5.02 Å². The zero-order valence-corrected chi connectivity index (χ0v) is 17.1. The Kier molecular flexibility index (Phi) is 5.83. The van der Waals surface area contributed by atoms with Gasteiger partial charge in [-0.15, -0.1) is 0 Å². The molecule has 2 bridgehead atoms. The van der Waals surface area contributed by atoms with E-state index in [1.165, 1.54) is 36.4 Å². The van der Waals surface area contributed by atoms with Gasteiger partial charge in [-0.05, 0) is 49.4 Å². The van der Waals surface area contributed by atoms with Crippen molar-refractivity contribution in [3.63, 3.8) is 0 Å². The highest BCUT2D eigenvalue weighted by molar-refractivity contribution is 6.30. The van der Waals surface area contributed by atoms with Gasteiger partial charge in [0, 0.05) is 28.8 Å². The van der Waals surface area contributed by atoms with E-state index in [2.05, 4.69) is 10.6 Å². The lowest BCUT2D eigenvalue weighted by Gasteiger charge is -2.39. The van der Waals surface area contributed by atoms with Gasteiger partial charge in [-0.3, -0.25) is 9.59 Å². The third kappa shape index (κ3) is 4.63. The Bertz CT molecular complexity index is 994. The van der Waals surface area contributed by atoms with Gasteiger partial charge in [0.1, 0.15) is 11.6 Å². The van der Waals surface area contributed by atoms with Crippen molar-refractivity contribution in [2.45, 2.75) is 37.3 Å². The zero-order chi connectivity index (χ0) is 22.2. The maximum absolute atomic E-state index is 13.4. The van der Waals surface area contributed by atoms with Crippen LogP contribution in [-0.4, -0.2) is 30.0 Å². The topological polar surface area (TPSA) is 67.4 Å². The highest BCUT2D eigenvalue weighted by atomic mass is 35.5. The number of ether oxygens (including phenoxy) is 1. The van der Waals surface area contributed by atoms with E-state index in [0.29, 0.717) is 12.0 Å². The van der Waals surface area contributed by atoms with Gasteiger partial charge in [-0.1, -0.05) is 23.7 Å². The molecule has 2 N–H and O–H groups in total. The van der Waals surface area contributed by atoms with Crippen LogP contribution in [-0.2, 0) is 4.79 Å². The van der Waals surface area contributed by atoms with Crippen LogP contribution >= 0.6 is 11.6 Å². The number of halogens is 4. The fraction of sp³-hybridized carbons (Fsp3) is 0.364. The molecule has 9 heteroatoms. The van der Waals surface area contributed by atoms with Crippen LogP contribution in [0.25, 0.3) is 0 Å². The van der Waals surface area contributed by atoms with Gasteiger partial charge in [0.25, 0.3) is 18.2 Å². The van der Waals surface area contributed by atoms with Crippen LogP contribution in [0.1, 0.15) is 41.6 Å². The van der Waals surface area contributed by atoms with Crippen LogP contribution in [0.3, 0.4) is 0 Å². The van der Waals surface area contributed by atoms with Crippen LogP contribution in [0.4, 0.5) is 13.2 Å². The van der Waals surface area contributed by atoms with Crippen molar-refractivity contribution >= 4 is 23.4 Å². The lowest BCUT2D eigenvalue weighted by Crippen LogP contribution is -2.51. The summed E-state index contributed by atoms with van der Waals surface area (Å²) in [6, 6.07) is 9.09. The van der Waals surface area contributed by atoms with E-state index in [9.17, 15) is 22.8 Å². The lowest BCUT2D eigenvalue weighted by atomic mass is 9.76. The Balaban J connectivity index is 1.27. The van der Waals surface area contributed by atoms with Gasteiger partial charge >= 0.3 is 0 Å². The number of fused-ring (bicyclic) bond motifs is 1. The first-order valence-corrected chi connectivity index (χ1v) is 10.2. The maximum atomic E-state index is 13.4. The van der Waals surface area contributed by atoms with Crippen LogP contribution in [0.15, 0.2) is 42.5 Å². The smallest absolute Gasteiger partial charge is 0.263 e. The highest BCUT2D eigenvalue weighted by Gasteiger charge is 2.57. The Morgan fingerprint density at radius 3 is 2.48 bits per heavy atom. The van der Waals surface area contributed by atoms with Gasteiger partial charge in [-0.2, -0.15) is 0 Å². The molecule has 0 radical (unpaired) electrons. The Morgan fingerprint density at radius 1 is 1.13 bits per heavy atom. The summed E-state index contributed by atoms with van der Waals surface area (Å²) in [5, 5.41) is 5.87. The Labute approximate surface area is 181 Å². The second-order valence-corrected chi connectivity index (χ2v) is 8.48. The number of nitrogens with one attached hydrogen (secondary N) is 2. The molecule has 0 aliphatic heterocycles. The summed E-state index contributed by atoms with van der Waals surface area (Å²) in [5.41, 5.74) is -0.217. The Morgan fingerprint density at radius 2 is 1.84 bits per heavy atom. The molecule has 0 unspecified atom stereocenters. The Hall–Kier alpha value is -2.74. The van der Waals surface area contributed by atoms with Crippen molar-refractivity contribution in [2.75, 3.05) is 6.61 Å². The molecule has 2 aromatic rings. The molecular weight excluding hydrogens is 433 g/mol. The molecule has 1 atom stereocenters. The van der Waals surface area contributed by atoms with E-state index in [0.717, 1.165) is 18.9 Å². The number of rotatable bonds is 7. The van der Waals surface area contributed by atoms with E-state index >= 15 is 0 Å². The molecule has 0 saturated heterocycles. The van der Waals surface area contributed by atoms with E-state index in [4.69, 9.17) is 16.3 Å². The average Bonchev–Trinajstić information content (AvgIpc) is 3.22. The monoisotopic (exact) mass is 452 g/mol. The quantitative estimate of drug-likeness (QED) is 0.659. The molecule has 31 heavy (non-hydrogen) atoms. The minimum Gasteiger partial charge on any atom is -0.484 e. The minimum absolute atomic E-state index is 0.0279. The van der Waals surface area contributed by atoms with Crippen molar-refractivity contribution in [2.24, 2.45) is 5.92 Å². The third-order valence-electron chi connectivity index (χ3n) is 5.90. The molecular formula is C22H20ClF3N2O3. The van der Waals surface area contributed by atoms with Crippen molar-refractivity contribution < 1.29 is 27.5 Å². The number of amides is 2. The van der Waals surface area contributed by atoms with Gasteiger partial charge in [0.05, 0.1) is 5.02 Å². The number of alkyl halides is 2. The zero-order valence-electron chi connectivity index (χ0n) is 16.3. The fourth-order valence-electron chi connectivity index (χ4n) is 4.36. The maximum Gasteiger partial charge on any atom is 0.263 e. The number of hydrogen-bond acceptors (Lipinski definition) is 3. The summed E-state index contributed by atoms with van der Waals surface area (Å²) in [5.74, 6) is -0.832. The van der Waals surface area contributed by atoms with E-state index in [1.807, 2.05) is 0 Å². The molecule has 0 spiro atoms. The first-order chi connectivity index (χ1) is 14.7. The van der Waals surface area contributed by atoms with Gasteiger partial charge < -0.3 is 15.4 Å². The van der Waals surface area contributed by atoms with E-state index in [1.54, 1.807) is 0 Å². The molecule has 0 aromatic heterocycles. The van der Waals surface area contributed by atoms with E-state index < -0.39 is 17.8 Å². The molecule has 2 aromatic carbocycles. The normalized spacial score (nSPS) is 23.9. The van der Waals surface area contributed by atoms with Gasteiger partial charge in [0.15, 0.2) is 6.61 Å². The van der Waals surface area contributed by atoms with Gasteiger partial charge in [0.2, 0.25) is 0 Å². The summed E-state index contributed by atoms with van der Waals surface area (Å²) in [4.78, 5) is 24.7. The number of carbonyl (C=O) groups excluding carboxylic acids is 2. The number of benzene rings is 2. The van der Waals surface area contributed by atoms with Crippen molar-refractivity contribution in [1.29, 1.82) is 0 Å². The second-order valence-electron chi connectivity index (χ2n) is 8.07. The standard InChI is InChI=1S/C22H20ClF3N2O3/c23-16-6-5-15(7-17(16)24)31-11-19(29)27-18-10-22(8-14(18)9-22)28-21(30)13-3-1-12(2-4-13)20(25)26/h1-7,14,18,20H,8-11H2,(H,27,29)(H,28,30)/t14?,18-,22?/m0/s1. The summed E-state index contributed by atoms with van der Waals surface area (Å²) in [6.07, 6.45) is -0.519. The summed E-state index contributed by atoms with van der Waals surface area (Å²) >= 11 is 5.62. The molecule has 5 nitrogen and oxygen atoms in total. The SMILES string of the molecule is O=C(COc1ccc(Cl)c(F)c1)N[C@H]1CC2(NC(=O)c3ccc(C(F)F)cc3)CC1C2. The number of hydrogen-bond donors (Lipinski definition) is 2. The molecule has 3 fully saturated rings. The first kappa shape index (κ1) is 21.5. The largest absolute Gasteiger partial charge is 0.484 e. The predicted octanol–water partition coefficient (Wildman–Crippen LogP) is 4.26. The molecule has 164 valence electrons. The highest BCUT2D eigenvalue weighted by Crippen LogP contribution is 2.52. The third-order valence-corrected chi connectivity index (χ3v) is 6.20. The van der Waals surface area contributed by atoms with Crippen molar-refractivity contribution in [1.82, 2.24) is 10.6 Å². The van der Waals surface area contributed by atoms with Crippen molar-refractivity contribution in [3.8, 4) is 5.75 Å². The van der Waals surface area contributed by atoms with Crippen molar-refractivity contribution in [3.05, 3.63) is 64.4 Å². The molecule has 0 heterocycles. The predicted molar refractivity (Wildman–Crippen MR) is 108 cm³/mol. The fourth-order valence-corrected chi connectivity index (χ4v) is 4.48. The van der Waals surface area contributed by atoms with Crippen LogP contribution in [0, 0.1) is 11.7 Å². The minimum atomic E-state index is -2.58. The molecule has 3 saturated carbocycles. The molecule has 5 rings (SSSR count). The molecule has 3 aliphatic carbocycles. The summed E-state index contributed by atoms with van der Waals surface area (Å²) in [7, 11) is 0. The molecule has 3 aliphatic rings. The first-order valence-electron chi connectivity index (χ1n) is 9.82. The van der Waals surface area contributed by atoms with Gasteiger partial charge in [-0.25, -0.2) is 13.2 Å². The second kappa shape index (κ2) is 8.42.